The molecule has 3 aromatic rings. The Morgan fingerprint density at radius 2 is 1.85 bits per heavy atom. The van der Waals surface area contributed by atoms with Crippen LogP contribution in [0.2, 0.25) is 0 Å². The fourth-order valence-electron chi connectivity index (χ4n) is 3.69. The van der Waals surface area contributed by atoms with Gasteiger partial charge in [0.25, 0.3) is 0 Å². The Hall–Kier alpha value is -3.54. The maximum atomic E-state index is 12.7. The summed E-state index contributed by atoms with van der Waals surface area (Å²) in [5.41, 5.74) is 6.18. The number of carbonyl (C=O) groups excluding carboxylic acids is 1. The molecule has 1 aromatic heterocycles. The highest BCUT2D eigenvalue weighted by Crippen LogP contribution is 2.23. The summed E-state index contributed by atoms with van der Waals surface area (Å²) in [4.78, 5) is 14.4. The molecule has 0 aliphatic rings. The van der Waals surface area contributed by atoms with Gasteiger partial charge in [-0.2, -0.15) is 5.10 Å². The number of aromatic nitrogens is 2. The highest BCUT2D eigenvalue weighted by Gasteiger charge is 2.15. The molecule has 3 rings (SSSR count). The minimum Gasteiger partial charge on any atom is -0.496 e. The molecule has 1 amide bonds. The molecule has 0 aliphatic heterocycles. The summed E-state index contributed by atoms with van der Waals surface area (Å²) in [6, 6.07) is 13.7. The zero-order valence-corrected chi connectivity index (χ0v) is 20.4. The molecule has 0 saturated heterocycles. The molecule has 0 bridgehead atoms. The number of methoxy groups -OCH3 is 1. The van der Waals surface area contributed by atoms with Crippen LogP contribution in [0.1, 0.15) is 40.6 Å². The molecule has 0 saturated carbocycles. The summed E-state index contributed by atoms with van der Waals surface area (Å²) >= 11 is 0. The van der Waals surface area contributed by atoms with Crippen LogP contribution in [0.5, 0.6) is 11.5 Å². The van der Waals surface area contributed by atoms with E-state index in [-0.39, 0.29) is 5.91 Å². The van der Waals surface area contributed by atoms with E-state index in [0.717, 1.165) is 46.1 Å². The van der Waals surface area contributed by atoms with Gasteiger partial charge < -0.3 is 14.4 Å². The van der Waals surface area contributed by atoms with Gasteiger partial charge in [0.05, 0.1) is 12.8 Å². The van der Waals surface area contributed by atoms with Crippen molar-refractivity contribution in [3.63, 3.8) is 0 Å². The molecule has 174 valence electrons. The number of rotatable bonds is 9. The number of aryl methyl sites for hydroxylation is 3. The Balaban J connectivity index is 1.68. The average Bonchev–Trinajstić information content (AvgIpc) is 3.09. The number of benzene rings is 2. The number of likely N-dealkylation sites (N-methyl/N-ethyl adjacent to an activating group) is 1. The number of hydrogen-bond acceptors (Lipinski definition) is 4. The van der Waals surface area contributed by atoms with Crippen LogP contribution in [0, 0.1) is 20.8 Å². The summed E-state index contributed by atoms with van der Waals surface area (Å²) in [6.07, 6.45) is 3.42. The second-order valence-electron chi connectivity index (χ2n) is 8.17. The van der Waals surface area contributed by atoms with Gasteiger partial charge in [0.15, 0.2) is 0 Å². The van der Waals surface area contributed by atoms with E-state index >= 15 is 0 Å². The number of ether oxygens (including phenoxy) is 2. The molecule has 0 unspecified atom stereocenters. The lowest BCUT2D eigenvalue weighted by molar-refractivity contribution is -0.125. The molecule has 0 N–H and O–H groups in total. The summed E-state index contributed by atoms with van der Waals surface area (Å²) < 4.78 is 13.4. The molecule has 33 heavy (non-hydrogen) atoms. The van der Waals surface area contributed by atoms with E-state index in [1.165, 1.54) is 5.56 Å². The van der Waals surface area contributed by atoms with Gasteiger partial charge in [0.2, 0.25) is 5.91 Å². The zero-order valence-electron chi connectivity index (χ0n) is 20.4. The molecule has 0 spiro atoms. The van der Waals surface area contributed by atoms with E-state index in [1.54, 1.807) is 18.1 Å². The van der Waals surface area contributed by atoms with Crippen molar-refractivity contribution in [1.29, 1.82) is 0 Å². The van der Waals surface area contributed by atoms with Crippen LogP contribution in [0.15, 0.2) is 48.5 Å². The topological polar surface area (TPSA) is 56.6 Å². The van der Waals surface area contributed by atoms with Crippen molar-refractivity contribution in [3.8, 4) is 11.5 Å². The van der Waals surface area contributed by atoms with Gasteiger partial charge in [0.1, 0.15) is 18.1 Å². The smallest absolute Gasteiger partial charge is 0.246 e. The lowest BCUT2D eigenvalue weighted by Crippen LogP contribution is -2.24. The van der Waals surface area contributed by atoms with Gasteiger partial charge in [0, 0.05) is 43.0 Å². The number of nitrogens with zero attached hydrogens (tertiary/aromatic N) is 3. The maximum Gasteiger partial charge on any atom is 0.246 e. The summed E-state index contributed by atoms with van der Waals surface area (Å²) in [5.74, 6) is 1.49. The normalized spacial score (nSPS) is 11.1. The number of carbonyl (C=O) groups is 1. The van der Waals surface area contributed by atoms with E-state index in [2.05, 4.69) is 12.0 Å². The minimum absolute atomic E-state index is 0.0636. The Morgan fingerprint density at radius 3 is 2.48 bits per heavy atom. The molecule has 0 aliphatic carbocycles. The lowest BCUT2D eigenvalue weighted by atomic mass is 10.1. The quantitative estimate of drug-likeness (QED) is 0.429. The van der Waals surface area contributed by atoms with Gasteiger partial charge in [-0.3, -0.25) is 9.48 Å². The predicted octanol–water partition coefficient (Wildman–Crippen LogP) is 5.09. The third kappa shape index (κ3) is 6.04. The highest BCUT2D eigenvalue weighted by molar-refractivity contribution is 5.91. The van der Waals surface area contributed by atoms with Gasteiger partial charge in [-0.05, 0) is 63.6 Å². The number of hydrogen-bond donors (Lipinski definition) is 0. The predicted molar refractivity (Wildman–Crippen MR) is 131 cm³/mol. The van der Waals surface area contributed by atoms with Gasteiger partial charge in [-0.15, -0.1) is 0 Å². The SMILES string of the molecule is CCn1nc(C)c(CN(C)C(=O)/C=C/c2ccc(OC)c(COc3ccc(C)cc3)c2)c1C. The average molecular weight is 448 g/mol. The van der Waals surface area contributed by atoms with Crippen molar-refractivity contribution in [3.05, 3.63) is 82.2 Å². The zero-order chi connectivity index (χ0) is 24.0. The van der Waals surface area contributed by atoms with Crippen LogP contribution in [0.4, 0.5) is 0 Å². The molecule has 0 fully saturated rings. The van der Waals surface area contributed by atoms with Crippen LogP contribution < -0.4 is 9.47 Å². The standard InChI is InChI=1S/C27H33N3O3/c1-7-30-21(4)25(20(3)28-30)17-29(5)27(31)15-11-22-10-14-26(32-6)23(16-22)18-33-24-12-8-19(2)9-13-24/h8-16H,7,17-18H2,1-6H3/b15-11+. The van der Waals surface area contributed by atoms with Crippen LogP contribution in [-0.2, 0) is 24.5 Å². The third-order valence-electron chi connectivity index (χ3n) is 5.74. The van der Waals surface area contributed by atoms with Crippen molar-refractivity contribution >= 4 is 12.0 Å². The van der Waals surface area contributed by atoms with Crippen molar-refractivity contribution in [2.75, 3.05) is 14.2 Å². The first kappa shape index (κ1) is 24.1. The molecule has 6 heteroatoms. The van der Waals surface area contributed by atoms with Crippen LogP contribution in [0.3, 0.4) is 0 Å². The van der Waals surface area contributed by atoms with Gasteiger partial charge >= 0.3 is 0 Å². The van der Waals surface area contributed by atoms with Crippen molar-refractivity contribution in [2.45, 2.75) is 47.4 Å². The molecule has 2 aromatic carbocycles. The van der Waals surface area contributed by atoms with E-state index < -0.39 is 0 Å². The Morgan fingerprint density at radius 1 is 1.12 bits per heavy atom. The summed E-state index contributed by atoms with van der Waals surface area (Å²) in [5, 5.41) is 4.54. The molecule has 6 nitrogen and oxygen atoms in total. The van der Waals surface area contributed by atoms with Gasteiger partial charge in [-0.25, -0.2) is 0 Å². The first-order chi connectivity index (χ1) is 15.8. The molecule has 0 radical (unpaired) electrons. The second kappa shape index (κ2) is 10.9. The summed E-state index contributed by atoms with van der Waals surface area (Å²) in [6.45, 7) is 9.86. The third-order valence-corrected chi connectivity index (χ3v) is 5.74. The van der Waals surface area contributed by atoms with Crippen molar-refractivity contribution < 1.29 is 14.3 Å². The first-order valence-corrected chi connectivity index (χ1v) is 11.1. The van der Waals surface area contributed by atoms with Crippen LogP contribution in [-0.4, -0.2) is 34.7 Å². The lowest BCUT2D eigenvalue weighted by Gasteiger charge is -2.15. The second-order valence-corrected chi connectivity index (χ2v) is 8.17. The Labute approximate surface area is 196 Å². The van der Waals surface area contributed by atoms with Gasteiger partial charge in [-0.1, -0.05) is 23.8 Å². The highest BCUT2D eigenvalue weighted by atomic mass is 16.5. The Bertz CT molecular complexity index is 1130. The van der Waals surface area contributed by atoms with E-state index in [9.17, 15) is 4.79 Å². The van der Waals surface area contributed by atoms with Crippen molar-refractivity contribution in [1.82, 2.24) is 14.7 Å². The molecule has 1 heterocycles. The fourth-order valence-corrected chi connectivity index (χ4v) is 3.69. The Kier molecular flexibility index (Phi) is 7.93. The van der Waals surface area contributed by atoms with E-state index in [1.807, 2.05) is 81.0 Å². The van der Waals surface area contributed by atoms with Crippen molar-refractivity contribution in [2.24, 2.45) is 0 Å². The maximum absolute atomic E-state index is 12.7. The largest absolute Gasteiger partial charge is 0.496 e. The molecule has 0 atom stereocenters. The van der Waals surface area contributed by atoms with Crippen LogP contribution >= 0.6 is 0 Å². The first-order valence-electron chi connectivity index (χ1n) is 11.1. The number of amides is 1. The fraction of sp³-hybridized carbons (Fsp3) is 0.333. The minimum atomic E-state index is -0.0636. The monoisotopic (exact) mass is 447 g/mol. The molecular weight excluding hydrogens is 414 g/mol. The van der Waals surface area contributed by atoms with E-state index in [0.29, 0.717) is 13.2 Å². The summed E-state index contributed by atoms with van der Waals surface area (Å²) in [7, 11) is 3.45. The molecular formula is C27H33N3O3. The van der Waals surface area contributed by atoms with Crippen LogP contribution in [0.25, 0.3) is 6.08 Å². The van der Waals surface area contributed by atoms with E-state index in [4.69, 9.17) is 9.47 Å².